The minimum absolute atomic E-state index is 0.0358. The molecule has 4 rings (SSSR count). The van der Waals surface area contributed by atoms with Gasteiger partial charge in [-0.1, -0.05) is 36.4 Å². The van der Waals surface area contributed by atoms with Gasteiger partial charge in [-0.2, -0.15) is 0 Å². The van der Waals surface area contributed by atoms with Crippen LogP contribution in [-0.2, 0) is 6.54 Å². The molecule has 1 N–H and O–H groups in total. The summed E-state index contributed by atoms with van der Waals surface area (Å²) in [6, 6.07) is 17.2. The fourth-order valence-electron chi connectivity index (χ4n) is 3.38. The van der Waals surface area contributed by atoms with Gasteiger partial charge in [0.15, 0.2) is 0 Å². The van der Waals surface area contributed by atoms with Crippen LogP contribution in [0.2, 0.25) is 0 Å². The predicted molar refractivity (Wildman–Crippen MR) is 93.9 cm³/mol. The number of para-hydroxylation sites is 2. The highest BCUT2D eigenvalue weighted by Gasteiger charge is 2.27. The molecule has 1 atom stereocenters. The zero-order chi connectivity index (χ0) is 17.2. The molecule has 0 aliphatic carbocycles. The van der Waals surface area contributed by atoms with Crippen molar-refractivity contribution in [3.63, 3.8) is 0 Å². The van der Waals surface area contributed by atoms with Crippen molar-refractivity contribution in [2.75, 3.05) is 13.1 Å². The van der Waals surface area contributed by atoms with E-state index in [2.05, 4.69) is 4.90 Å². The molecular formula is C20H19NO4. The third-order valence-electron chi connectivity index (χ3n) is 4.55. The van der Waals surface area contributed by atoms with E-state index in [0.717, 1.165) is 36.2 Å². The highest BCUT2D eigenvalue weighted by molar-refractivity contribution is 5.95. The first-order valence-electron chi connectivity index (χ1n) is 8.38. The zero-order valence-electron chi connectivity index (χ0n) is 13.7. The maximum atomic E-state index is 11.5. The maximum Gasteiger partial charge on any atom is 0.372 e. The molecule has 2 heterocycles. The van der Waals surface area contributed by atoms with E-state index in [1.807, 2.05) is 48.5 Å². The number of nitrogens with zero attached hydrogens (tertiary/aromatic N) is 1. The molecule has 0 amide bonds. The molecule has 5 nitrogen and oxygen atoms in total. The first-order chi connectivity index (χ1) is 12.2. The molecule has 1 aromatic heterocycles. The van der Waals surface area contributed by atoms with E-state index in [1.54, 1.807) is 6.07 Å². The number of aromatic carboxylic acids is 1. The van der Waals surface area contributed by atoms with Crippen LogP contribution >= 0.6 is 0 Å². The third-order valence-corrected chi connectivity index (χ3v) is 4.55. The van der Waals surface area contributed by atoms with E-state index in [0.29, 0.717) is 12.1 Å². The number of carboxylic acids is 1. The Kier molecular flexibility index (Phi) is 4.15. The Bertz CT molecular complexity index is 887. The molecule has 0 radical (unpaired) electrons. The summed E-state index contributed by atoms with van der Waals surface area (Å²) < 4.78 is 11.5. The molecule has 25 heavy (non-hydrogen) atoms. The number of ether oxygens (including phenoxy) is 1. The molecule has 3 aromatic rings. The molecule has 1 fully saturated rings. The smallest absolute Gasteiger partial charge is 0.372 e. The lowest BCUT2D eigenvalue weighted by Crippen LogP contribution is -2.25. The molecule has 0 unspecified atom stereocenters. The van der Waals surface area contributed by atoms with Crippen molar-refractivity contribution in [3.05, 3.63) is 65.9 Å². The van der Waals surface area contributed by atoms with Gasteiger partial charge in [0.1, 0.15) is 17.4 Å². The van der Waals surface area contributed by atoms with Crippen LogP contribution in [0.1, 0.15) is 22.5 Å². The number of likely N-dealkylation sites (tertiary alicyclic amines) is 1. The Morgan fingerprint density at radius 3 is 2.72 bits per heavy atom. The first kappa shape index (κ1) is 15.7. The summed E-state index contributed by atoms with van der Waals surface area (Å²) in [6.07, 6.45) is 1.04. The van der Waals surface area contributed by atoms with Gasteiger partial charge in [0.2, 0.25) is 5.76 Å². The predicted octanol–water partition coefficient (Wildman–Crippen LogP) is 3.78. The highest BCUT2D eigenvalue weighted by Crippen LogP contribution is 2.29. The normalized spacial score (nSPS) is 17.8. The number of hydrogen-bond donors (Lipinski definition) is 1. The van der Waals surface area contributed by atoms with Crippen LogP contribution in [0.25, 0.3) is 11.0 Å². The Morgan fingerprint density at radius 2 is 1.92 bits per heavy atom. The van der Waals surface area contributed by atoms with Gasteiger partial charge >= 0.3 is 5.97 Å². The van der Waals surface area contributed by atoms with Gasteiger partial charge < -0.3 is 14.3 Å². The number of fused-ring (bicyclic) bond motifs is 1. The quantitative estimate of drug-likeness (QED) is 0.767. The molecule has 1 aliphatic heterocycles. The van der Waals surface area contributed by atoms with Crippen LogP contribution in [-0.4, -0.2) is 35.2 Å². The molecule has 5 heteroatoms. The van der Waals surface area contributed by atoms with Crippen LogP contribution < -0.4 is 4.74 Å². The second kappa shape index (κ2) is 6.61. The summed E-state index contributed by atoms with van der Waals surface area (Å²) >= 11 is 0. The number of carboxylic acid groups (broad SMARTS) is 1. The van der Waals surface area contributed by atoms with Gasteiger partial charge in [0, 0.05) is 30.6 Å². The summed E-state index contributed by atoms with van der Waals surface area (Å²) in [5.74, 6) is -0.120. The van der Waals surface area contributed by atoms with Crippen molar-refractivity contribution in [2.24, 2.45) is 0 Å². The van der Waals surface area contributed by atoms with Crippen molar-refractivity contribution in [1.82, 2.24) is 4.90 Å². The highest BCUT2D eigenvalue weighted by atomic mass is 16.5. The molecule has 1 saturated heterocycles. The minimum atomic E-state index is -1.03. The lowest BCUT2D eigenvalue weighted by atomic mass is 10.1. The van der Waals surface area contributed by atoms with Crippen molar-refractivity contribution in [2.45, 2.75) is 19.1 Å². The number of benzene rings is 2. The SMILES string of the molecule is O=C(O)c1oc2ccccc2c1CN1CC[C@H](Oc2ccccc2)C1. The van der Waals surface area contributed by atoms with Gasteiger partial charge in [-0.3, -0.25) is 4.90 Å². The summed E-state index contributed by atoms with van der Waals surface area (Å²) in [4.78, 5) is 13.8. The fourth-order valence-corrected chi connectivity index (χ4v) is 3.38. The van der Waals surface area contributed by atoms with E-state index >= 15 is 0 Å². The monoisotopic (exact) mass is 337 g/mol. The summed E-state index contributed by atoms with van der Waals surface area (Å²) in [7, 11) is 0. The second-order valence-corrected chi connectivity index (χ2v) is 6.29. The van der Waals surface area contributed by atoms with Gasteiger partial charge in [-0.15, -0.1) is 0 Å². The topological polar surface area (TPSA) is 62.9 Å². The van der Waals surface area contributed by atoms with Crippen LogP contribution in [0.15, 0.2) is 59.0 Å². The molecule has 1 aliphatic rings. The molecule has 2 aromatic carbocycles. The van der Waals surface area contributed by atoms with Crippen LogP contribution in [0, 0.1) is 0 Å². The molecular weight excluding hydrogens is 318 g/mol. The Hall–Kier alpha value is -2.79. The van der Waals surface area contributed by atoms with Gasteiger partial charge in [-0.25, -0.2) is 4.79 Å². The average molecular weight is 337 g/mol. The first-order valence-corrected chi connectivity index (χ1v) is 8.38. The molecule has 0 saturated carbocycles. The largest absolute Gasteiger partial charge is 0.489 e. The summed E-state index contributed by atoms with van der Waals surface area (Å²) in [5, 5.41) is 10.3. The lowest BCUT2D eigenvalue weighted by Gasteiger charge is -2.16. The lowest BCUT2D eigenvalue weighted by molar-refractivity contribution is 0.0662. The molecule has 0 bridgehead atoms. The van der Waals surface area contributed by atoms with E-state index in [4.69, 9.17) is 9.15 Å². The summed E-state index contributed by atoms with van der Waals surface area (Å²) in [5.41, 5.74) is 1.36. The average Bonchev–Trinajstić information content (AvgIpc) is 3.21. The van der Waals surface area contributed by atoms with Crippen LogP contribution in [0.4, 0.5) is 0 Å². The van der Waals surface area contributed by atoms with Crippen molar-refractivity contribution in [1.29, 1.82) is 0 Å². The van der Waals surface area contributed by atoms with E-state index in [1.165, 1.54) is 0 Å². The van der Waals surface area contributed by atoms with Crippen molar-refractivity contribution >= 4 is 16.9 Å². The fraction of sp³-hybridized carbons (Fsp3) is 0.250. The van der Waals surface area contributed by atoms with Crippen molar-refractivity contribution in [3.8, 4) is 5.75 Å². The summed E-state index contributed by atoms with van der Waals surface area (Å²) in [6.45, 7) is 2.19. The molecule has 0 spiro atoms. The zero-order valence-corrected chi connectivity index (χ0v) is 13.7. The van der Waals surface area contributed by atoms with Gasteiger partial charge in [0.25, 0.3) is 0 Å². The standard InChI is InChI=1S/C20H19NO4/c22-20(23)19-17(16-8-4-5-9-18(16)25-19)13-21-11-10-15(12-21)24-14-6-2-1-3-7-14/h1-9,15H,10-13H2,(H,22,23)/t15-/m0/s1. The second-order valence-electron chi connectivity index (χ2n) is 6.29. The van der Waals surface area contributed by atoms with Crippen LogP contribution in [0.3, 0.4) is 0 Å². The number of hydrogen-bond acceptors (Lipinski definition) is 4. The van der Waals surface area contributed by atoms with Crippen LogP contribution in [0.5, 0.6) is 5.75 Å². The third kappa shape index (κ3) is 3.23. The van der Waals surface area contributed by atoms with Gasteiger partial charge in [-0.05, 0) is 24.6 Å². The maximum absolute atomic E-state index is 11.5. The van der Waals surface area contributed by atoms with E-state index in [-0.39, 0.29) is 11.9 Å². The minimum Gasteiger partial charge on any atom is -0.489 e. The van der Waals surface area contributed by atoms with Gasteiger partial charge in [0.05, 0.1) is 0 Å². The Morgan fingerprint density at radius 1 is 1.16 bits per heavy atom. The molecule has 128 valence electrons. The Balaban J connectivity index is 1.50. The number of furan rings is 1. The Labute approximate surface area is 145 Å². The number of rotatable bonds is 5. The van der Waals surface area contributed by atoms with Crippen molar-refractivity contribution < 1.29 is 19.1 Å². The number of carbonyl (C=O) groups is 1. The van der Waals surface area contributed by atoms with E-state index < -0.39 is 5.97 Å². The van der Waals surface area contributed by atoms with E-state index in [9.17, 15) is 9.90 Å².